The summed E-state index contributed by atoms with van der Waals surface area (Å²) in [6.45, 7) is 5.17. The molecule has 3 saturated heterocycles. The molecule has 3 atom stereocenters. The van der Waals surface area contributed by atoms with Crippen molar-refractivity contribution in [3.63, 3.8) is 0 Å². The normalized spacial score (nSPS) is 26.8. The quantitative estimate of drug-likeness (QED) is 0.536. The van der Waals surface area contributed by atoms with E-state index >= 15 is 0 Å². The molecule has 3 aliphatic rings. The van der Waals surface area contributed by atoms with Crippen LogP contribution in [0.2, 0.25) is 0 Å². The minimum absolute atomic E-state index is 0.0653. The Hall–Kier alpha value is -2.36. The van der Waals surface area contributed by atoms with Gasteiger partial charge in [0, 0.05) is 44.6 Å². The van der Waals surface area contributed by atoms with Gasteiger partial charge in [0.25, 0.3) is 0 Å². The first-order valence-electron chi connectivity index (χ1n) is 11.2. The van der Waals surface area contributed by atoms with Crippen LogP contribution in [0.25, 0.3) is 0 Å². The van der Waals surface area contributed by atoms with Gasteiger partial charge in [-0.25, -0.2) is 4.79 Å². The van der Waals surface area contributed by atoms with Gasteiger partial charge in [0.2, 0.25) is 17.7 Å². The molecule has 3 fully saturated rings. The van der Waals surface area contributed by atoms with Gasteiger partial charge in [0.1, 0.15) is 6.23 Å². The summed E-state index contributed by atoms with van der Waals surface area (Å²) in [5, 5.41) is 8.27. The summed E-state index contributed by atoms with van der Waals surface area (Å²) in [7, 11) is 1.78. The average Bonchev–Trinajstić information content (AvgIpc) is 2.78. The lowest BCUT2D eigenvalue weighted by Crippen LogP contribution is -2.65. The molecule has 0 saturated carbocycles. The summed E-state index contributed by atoms with van der Waals surface area (Å²) >= 11 is 0. The molecule has 5 amide bonds. The highest BCUT2D eigenvalue weighted by Gasteiger charge is 2.45. The minimum atomic E-state index is -0.380. The van der Waals surface area contributed by atoms with Crippen LogP contribution in [0.1, 0.15) is 39.5 Å². The number of piperidine rings is 1. The van der Waals surface area contributed by atoms with Crippen LogP contribution in [0.15, 0.2) is 0 Å². The number of nitrogens with zero attached hydrogens (tertiary/aromatic N) is 2. The predicted octanol–water partition coefficient (Wildman–Crippen LogP) is -0.110. The molecule has 10 heteroatoms. The molecule has 10 nitrogen and oxygen atoms in total. The van der Waals surface area contributed by atoms with Gasteiger partial charge in [0.05, 0.1) is 13.1 Å². The third-order valence-electron chi connectivity index (χ3n) is 6.57. The number of nitrogens with one attached hydrogen (secondary N) is 3. The maximum absolute atomic E-state index is 12.5. The molecule has 0 unspecified atom stereocenters. The van der Waals surface area contributed by atoms with E-state index in [4.69, 9.17) is 4.74 Å². The van der Waals surface area contributed by atoms with Gasteiger partial charge < -0.3 is 30.5 Å². The van der Waals surface area contributed by atoms with Crippen molar-refractivity contribution >= 4 is 23.8 Å². The first-order chi connectivity index (χ1) is 14.8. The molecule has 174 valence electrons. The van der Waals surface area contributed by atoms with E-state index in [1.54, 1.807) is 30.7 Å². The standard InChI is InChI=1S/C21H35N5O5/c1-13(2)19(29)23-11-16(27)22-12-17(28)26-8-6-14(7-9-26)18-15-5-4-10-31-20(15)25(3)21(30)24-18/h13-15,18,20H,4-12H2,1-3H3,(H,22,27)(H,23,29)(H,24,30)/t15-,18-,20-/m0/s1. The summed E-state index contributed by atoms with van der Waals surface area (Å²) in [6, 6.07) is -0.0329. The number of hydrogen-bond donors (Lipinski definition) is 3. The van der Waals surface area contributed by atoms with Crippen LogP contribution in [0.3, 0.4) is 0 Å². The Labute approximate surface area is 183 Å². The lowest BCUT2D eigenvalue weighted by Gasteiger charge is -2.49. The SMILES string of the molecule is CC(C)C(=O)NCC(=O)NCC(=O)N1CCC([C@@H]2NC(=O)N(C)[C@H]3OCCC[C@@H]23)CC1. The first-order valence-corrected chi connectivity index (χ1v) is 11.2. The zero-order valence-corrected chi connectivity index (χ0v) is 18.7. The molecule has 0 spiro atoms. The fourth-order valence-electron chi connectivity index (χ4n) is 4.71. The Morgan fingerprint density at radius 3 is 2.52 bits per heavy atom. The van der Waals surface area contributed by atoms with E-state index in [1.807, 2.05) is 0 Å². The smallest absolute Gasteiger partial charge is 0.319 e. The van der Waals surface area contributed by atoms with Crippen LogP contribution in [0, 0.1) is 17.8 Å². The van der Waals surface area contributed by atoms with Crippen molar-refractivity contribution in [2.45, 2.75) is 51.8 Å². The lowest BCUT2D eigenvalue weighted by atomic mass is 9.77. The van der Waals surface area contributed by atoms with E-state index in [0.717, 1.165) is 25.7 Å². The molecule has 0 aromatic carbocycles. The first kappa shape index (κ1) is 23.3. The zero-order chi connectivity index (χ0) is 22.5. The van der Waals surface area contributed by atoms with Crippen LogP contribution in [-0.4, -0.2) is 85.7 Å². The second kappa shape index (κ2) is 10.3. The van der Waals surface area contributed by atoms with Crippen molar-refractivity contribution in [3.05, 3.63) is 0 Å². The monoisotopic (exact) mass is 437 g/mol. The van der Waals surface area contributed by atoms with Gasteiger partial charge in [-0.3, -0.25) is 14.4 Å². The molecule has 3 rings (SSSR count). The Morgan fingerprint density at radius 2 is 1.84 bits per heavy atom. The molecule has 0 aliphatic carbocycles. The van der Waals surface area contributed by atoms with Crippen LogP contribution in [-0.2, 0) is 19.1 Å². The molecule has 0 bridgehead atoms. The summed E-state index contributed by atoms with van der Waals surface area (Å²) in [4.78, 5) is 51.6. The molecule has 31 heavy (non-hydrogen) atoms. The number of amides is 5. The van der Waals surface area contributed by atoms with Crippen molar-refractivity contribution in [2.24, 2.45) is 17.8 Å². The molecular weight excluding hydrogens is 402 g/mol. The maximum Gasteiger partial charge on any atom is 0.319 e. The van der Waals surface area contributed by atoms with Crippen LogP contribution >= 0.6 is 0 Å². The number of fused-ring (bicyclic) bond motifs is 1. The van der Waals surface area contributed by atoms with Crippen LogP contribution in [0.4, 0.5) is 4.79 Å². The van der Waals surface area contributed by atoms with Crippen molar-refractivity contribution in [3.8, 4) is 0 Å². The van der Waals surface area contributed by atoms with Gasteiger partial charge in [-0.2, -0.15) is 0 Å². The summed E-state index contributed by atoms with van der Waals surface area (Å²) in [5.74, 6) is -0.334. The molecule has 3 heterocycles. The third-order valence-corrected chi connectivity index (χ3v) is 6.57. The van der Waals surface area contributed by atoms with Gasteiger partial charge in [-0.1, -0.05) is 13.8 Å². The fraction of sp³-hybridized carbons (Fsp3) is 0.810. The molecule has 3 aliphatic heterocycles. The Bertz CT molecular complexity index is 692. The number of rotatable bonds is 6. The lowest BCUT2D eigenvalue weighted by molar-refractivity contribution is -0.136. The minimum Gasteiger partial charge on any atom is -0.358 e. The Balaban J connectivity index is 1.43. The van der Waals surface area contributed by atoms with Gasteiger partial charge in [-0.15, -0.1) is 0 Å². The molecular formula is C21H35N5O5. The maximum atomic E-state index is 12.5. The van der Waals surface area contributed by atoms with E-state index in [1.165, 1.54) is 0 Å². The van der Waals surface area contributed by atoms with Crippen molar-refractivity contribution < 1.29 is 23.9 Å². The summed E-state index contributed by atoms with van der Waals surface area (Å²) in [5.41, 5.74) is 0. The van der Waals surface area contributed by atoms with Crippen LogP contribution in [0.5, 0.6) is 0 Å². The highest BCUT2D eigenvalue weighted by atomic mass is 16.5. The highest BCUT2D eigenvalue weighted by molar-refractivity contribution is 5.88. The molecule has 3 N–H and O–H groups in total. The zero-order valence-electron chi connectivity index (χ0n) is 18.7. The Kier molecular flexibility index (Phi) is 7.74. The molecule has 0 aromatic heterocycles. The number of urea groups is 1. The fourth-order valence-corrected chi connectivity index (χ4v) is 4.71. The van der Waals surface area contributed by atoms with E-state index < -0.39 is 0 Å². The second-order valence-electron chi connectivity index (χ2n) is 9.02. The molecule has 0 radical (unpaired) electrons. The summed E-state index contributed by atoms with van der Waals surface area (Å²) in [6.07, 6.45) is 3.47. The average molecular weight is 438 g/mol. The van der Waals surface area contributed by atoms with Crippen molar-refractivity contribution in [1.82, 2.24) is 25.8 Å². The Morgan fingerprint density at radius 1 is 1.13 bits per heavy atom. The van der Waals surface area contributed by atoms with Gasteiger partial charge >= 0.3 is 6.03 Å². The number of hydrogen-bond acceptors (Lipinski definition) is 5. The summed E-state index contributed by atoms with van der Waals surface area (Å²) < 4.78 is 5.88. The number of ether oxygens (including phenoxy) is 1. The van der Waals surface area contributed by atoms with E-state index in [0.29, 0.717) is 25.6 Å². The van der Waals surface area contributed by atoms with Gasteiger partial charge in [-0.05, 0) is 31.6 Å². The van der Waals surface area contributed by atoms with Gasteiger partial charge in [0.15, 0.2) is 0 Å². The van der Waals surface area contributed by atoms with E-state index in [2.05, 4.69) is 16.0 Å². The second-order valence-corrected chi connectivity index (χ2v) is 9.02. The van der Waals surface area contributed by atoms with E-state index in [9.17, 15) is 19.2 Å². The number of carbonyl (C=O) groups is 4. The van der Waals surface area contributed by atoms with Crippen LogP contribution < -0.4 is 16.0 Å². The highest BCUT2D eigenvalue weighted by Crippen LogP contribution is 2.35. The number of carbonyl (C=O) groups excluding carboxylic acids is 4. The third kappa shape index (κ3) is 5.66. The largest absolute Gasteiger partial charge is 0.358 e. The number of likely N-dealkylation sites (tertiary alicyclic amines) is 1. The van der Waals surface area contributed by atoms with Crippen molar-refractivity contribution in [2.75, 3.05) is 39.8 Å². The predicted molar refractivity (Wildman–Crippen MR) is 113 cm³/mol. The topological polar surface area (TPSA) is 120 Å². The van der Waals surface area contributed by atoms with Crippen molar-refractivity contribution in [1.29, 1.82) is 0 Å². The molecule has 0 aromatic rings. The van der Waals surface area contributed by atoms with E-state index in [-0.39, 0.29) is 60.9 Å².